The number of rotatable bonds is 10. The molecule has 17 heteroatoms. The average Bonchev–Trinajstić information content (AvgIpc) is 4.24. The van der Waals surface area contributed by atoms with E-state index in [0.29, 0.717) is 53.4 Å². The van der Waals surface area contributed by atoms with Crippen LogP contribution in [0.1, 0.15) is 63.6 Å². The van der Waals surface area contributed by atoms with Gasteiger partial charge in [0.1, 0.15) is 29.9 Å². The maximum atomic E-state index is 16.6. The number of amides is 3. The molecular weight excluding hydrogens is 947 g/mol. The lowest BCUT2D eigenvalue weighted by Crippen LogP contribution is -2.59. The third-order valence-corrected chi connectivity index (χ3v) is 14.6. The topological polar surface area (TPSA) is 202 Å². The molecule has 3 fully saturated rings. The molecule has 0 radical (unpaired) electrons. The number of phenolic OH excluding ortho intramolecular Hbond substituents is 1. The zero-order chi connectivity index (χ0) is 51.1. The Bertz CT molecular complexity index is 3210. The van der Waals surface area contributed by atoms with E-state index < -0.39 is 64.4 Å². The fourth-order valence-corrected chi connectivity index (χ4v) is 11.4. The molecule has 6 aromatic carbocycles. The van der Waals surface area contributed by atoms with Gasteiger partial charge in [-0.25, -0.2) is 9.69 Å². The van der Waals surface area contributed by atoms with Crippen LogP contribution in [-0.2, 0) is 42.4 Å². The molecule has 374 valence electrons. The lowest BCUT2D eigenvalue weighted by Gasteiger charge is -2.46. The van der Waals surface area contributed by atoms with E-state index in [1.165, 1.54) is 36.4 Å². The normalized spacial score (nSPS) is 22.9. The molecule has 5 heterocycles. The zero-order valence-corrected chi connectivity index (χ0v) is 39.8. The summed E-state index contributed by atoms with van der Waals surface area (Å²) in [5.41, 5.74) is 1.71. The second kappa shape index (κ2) is 19.8. The van der Waals surface area contributed by atoms with Gasteiger partial charge in [-0.1, -0.05) is 90.7 Å². The van der Waals surface area contributed by atoms with Crippen molar-refractivity contribution in [3.8, 4) is 29.1 Å². The largest absolute Gasteiger partial charge is 0.508 e. The highest BCUT2D eigenvalue weighted by Crippen LogP contribution is 2.66. The number of imide groups is 1. The van der Waals surface area contributed by atoms with Crippen LogP contribution >= 0.6 is 0 Å². The number of carbonyl (C=O) groups excluding carboxylic acids is 4. The molecule has 0 bridgehead atoms. The number of piperazine rings is 1. The Labute approximate surface area is 425 Å². The number of aliphatic hydroxyl groups excluding tert-OH is 1. The van der Waals surface area contributed by atoms with Crippen LogP contribution in [0.4, 0.5) is 16.2 Å². The molecular formula is C57H49N5O12. The first kappa shape index (κ1) is 47.7. The van der Waals surface area contributed by atoms with Gasteiger partial charge < -0.3 is 34.1 Å². The summed E-state index contributed by atoms with van der Waals surface area (Å²) in [5.74, 6) is 3.65. The number of cyclic esters (lactones) is 1. The Hall–Kier alpha value is -8.56. The predicted molar refractivity (Wildman–Crippen MR) is 266 cm³/mol. The third-order valence-electron chi connectivity index (χ3n) is 14.6. The van der Waals surface area contributed by atoms with Crippen molar-refractivity contribution < 1.29 is 53.3 Å². The molecule has 0 aliphatic carbocycles. The van der Waals surface area contributed by atoms with E-state index in [1.54, 1.807) is 35.2 Å². The first-order valence-corrected chi connectivity index (χ1v) is 24.3. The van der Waals surface area contributed by atoms with Crippen molar-refractivity contribution in [2.75, 3.05) is 44.5 Å². The van der Waals surface area contributed by atoms with E-state index in [2.05, 4.69) is 16.7 Å². The highest BCUT2D eigenvalue weighted by atomic mass is 16.7. The first-order valence-electron chi connectivity index (χ1n) is 24.3. The molecule has 3 amide bonds. The number of phenols is 1. The molecule has 0 saturated carbocycles. The summed E-state index contributed by atoms with van der Waals surface area (Å²) in [6.45, 7) is 1.46. The minimum Gasteiger partial charge on any atom is -0.508 e. The summed E-state index contributed by atoms with van der Waals surface area (Å²) >= 11 is 0. The summed E-state index contributed by atoms with van der Waals surface area (Å²) in [4.78, 5) is 81.0. The minimum atomic E-state index is -2.10. The Balaban J connectivity index is 1.09. The first-order chi connectivity index (χ1) is 36.0. The summed E-state index contributed by atoms with van der Waals surface area (Å²) < 4.78 is 23.7. The van der Waals surface area contributed by atoms with Crippen molar-refractivity contribution in [1.82, 2.24) is 14.7 Å². The van der Waals surface area contributed by atoms with Crippen molar-refractivity contribution in [2.45, 2.75) is 49.2 Å². The highest BCUT2D eigenvalue weighted by molar-refractivity contribution is 6.23. The highest BCUT2D eigenvalue weighted by Gasteiger charge is 2.76. The molecule has 74 heavy (non-hydrogen) atoms. The number of esters is 1. The Morgan fingerprint density at radius 1 is 0.770 bits per heavy atom. The predicted octanol–water partition coefficient (Wildman–Crippen LogP) is 7.11. The van der Waals surface area contributed by atoms with Crippen LogP contribution < -0.4 is 14.4 Å². The van der Waals surface area contributed by atoms with E-state index in [4.69, 9.17) is 18.9 Å². The number of nitro groups is 1. The SMILES string of the molecule is O=C1OC(c2ccccc2)C(c2ccccc2)N2C1C(C(=O)N1CCN(Cc3ccc4c(c3)OCO4)CC1)C1(C(=O)N(C(=O)OCc3ccc([N+](=O)[O-])cc3)c3ccc(C#CCCO)cc31)C2c1ccc(O)cc1. The number of aliphatic hydroxyl groups is 1. The monoisotopic (exact) mass is 995 g/mol. The number of aromatic hydroxyl groups is 1. The van der Waals surface area contributed by atoms with E-state index in [1.807, 2.05) is 83.8 Å². The molecule has 3 saturated heterocycles. The number of carbonyl (C=O) groups is 4. The molecule has 5 aliphatic rings. The van der Waals surface area contributed by atoms with E-state index in [0.717, 1.165) is 16.0 Å². The Morgan fingerprint density at radius 3 is 2.16 bits per heavy atom. The fourth-order valence-electron chi connectivity index (χ4n) is 11.4. The van der Waals surface area contributed by atoms with Crippen molar-refractivity contribution in [3.63, 3.8) is 0 Å². The molecule has 2 N–H and O–H groups in total. The van der Waals surface area contributed by atoms with Crippen molar-refractivity contribution >= 4 is 35.3 Å². The third kappa shape index (κ3) is 8.42. The van der Waals surface area contributed by atoms with Gasteiger partial charge in [0.05, 0.1) is 35.2 Å². The molecule has 17 nitrogen and oxygen atoms in total. The smallest absolute Gasteiger partial charge is 0.421 e. The Kier molecular flexibility index (Phi) is 12.8. The van der Waals surface area contributed by atoms with Gasteiger partial charge in [-0.15, -0.1) is 0 Å². The van der Waals surface area contributed by atoms with Crippen LogP contribution in [-0.4, -0.2) is 99.3 Å². The van der Waals surface area contributed by atoms with Gasteiger partial charge in [0.25, 0.3) is 5.69 Å². The van der Waals surface area contributed by atoms with Crippen LogP contribution in [0.5, 0.6) is 17.2 Å². The molecule has 1 spiro atoms. The molecule has 5 aliphatic heterocycles. The second-order valence-electron chi connectivity index (χ2n) is 18.8. The number of fused-ring (bicyclic) bond motifs is 4. The number of anilines is 1. The number of nitrogens with zero attached hydrogens (tertiary/aromatic N) is 5. The summed E-state index contributed by atoms with van der Waals surface area (Å²) in [6.07, 6.45) is -1.91. The number of hydrogen-bond acceptors (Lipinski definition) is 14. The molecule has 6 unspecified atom stereocenters. The minimum absolute atomic E-state index is 0.0699. The molecule has 6 aromatic rings. The van der Waals surface area contributed by atoms with Gasteiger partial charge in [0.15, 0.2) is 11.5 Å². The van der Waals surface area contributed by atoms with Gasteiger partial charge in [-0.05, 0) is 88.0 Å². The van der Waals surface area contributed by atoms with Gasteiger partial charge in [0.2, 0.25) is 18.6 Å². The van der Waals surface area contributed by atoms with Gasteiger partial charge in [0, 0.05) is 56.8 Å². The summed E-state index contributed by atoms with van der Waals surface area (Å²) in [5, 5.41) is 32.0. The van der Waals surface area contributed by atoms with E-state index in [-0.39, 0.29) is 62.2 Å². The van der Waals surface area contributed by atoms with Crippen LogP contribution in [0, 0.1) is 27.9 Å². The number of ether oxygens (including phenoxy) is 4. The number of hydrogen-bond donors (Lipinski definition) is 2. The number of nitro benzene ring substituents is 1. The van der Waals surface area contributed by atoms with E-state index >= 15 is 14.4 Å². The van der Waals surface area contributed by atoms with E-state index in [9.17, 15) is 25.1 Å². The maximum absolute atomic E-state index is 16.6. The number of benzene rings is 6. The lowest BCUT2D eigenvalue weighted by molar-refractivity contribution is -0.384. The van der Waals surface area contributed by atoms with Crippen LogP contribution in [0.2, 0.25) is 0 Å². The van der Waals surface area contributed by atoms with Crippen molar-refractivity contribution in [3.05, 3.63) is 195 Å². The number of non-ortho nitro benzene ring substituents is 1. The number of morpholine rings is 1. The Morgan fingerprint density at radius 2 is 1.46 bits per heavy atom. The zero-order valence-electron chi connectivity index (χ0n) is 39.8. The molecule has 6 atom stereocenters. The second-order valence-corrected chi connectivity index (χ2v) is 18.8. The maximum Gasteiger partial charge on any atom is 0.421 e. The fraction of sp³-hybridized carbons (Fsp3) is 0.263. The summed E-state index contributed by atoms with van der Waals surface area (Å²) in [6, 6.07) is 37.6. The average molecular weight is 996 g/mol. The van der Waals surface area contributed by atoms with Crippen LogP contribution in [0.3, 0.4) is 0 Å². The van der Waals surface area contributed by atoms with Crippen molar-refractivity contribution in [2.24, 2.45) is 5.92 Å². The van der Waals surface area contributed by atoms with Crippen LogP contribution in [0.25, 0.3) is 0 Å². The van der Waals surface area contributed by atoms with Crippen LogP contribution in [0.15, 0.2) is 146 Å². The summed E-state index contributed by atoms with van der Waals surface area (Å²) in [7, 11) is 0. The lowest BCUT2D eigenvalue weighted by atomic mass is 9.65. The van der Waals surface area contributed by atoms with Gasteiger partial charge in [-0.3, -0.25) is 34.3 Å². The quantitative estimate of drug-likeness (QED) is 0.0609. The standard InChI is InChI=1S/C57H49N5O12/c63-30-8-7-9-36-16-24-45-44(31-36)57(55(67)60(45)56(68)71-34-37-14-20-42(21-15-37)62(69)70)48(53(65)59-28-26-58(27-29-59)33-38-17-25-46-47(32-38)73-35-72-46)50-54(66)74-51(40-12-5-2-6-13-40)49(39-10-3-1-4-11-39)61(50)52(57)41-18-22-43(64)23-19-41/h1-6,10-25,31-32,48-52,63-64H,8,26-30,33-35H2. The van der Waals surface area contributed by atoms with Crippen molar-refractivity contribution in [1.29, 1.82) is 0 Å². The van der Waals surface area contributed by atoms with Gasteiger partial charge in [-0.2, -0.15) is 0 Å². The van der Waals surface area contributed by atoms with Gasteiger partial charge >= 0.3 is 12.1 Å². The molecule has 0 aromatic heterocycles. The molecule has 11 rings (SSSR count).